The number of halogens is 1. The molecule has 1 aliphatic rings. The molecular formula is C13H14FNO4. The van der Waals surface area contributed by atoms with Crippen LogP contribution < -0.4 is 0 Å². The van der Waals surface area contributed by atoms with Gasteiger partial charge < -0.3 is 15.1 Å². The van der Waals surface area contributed by atoms with Crippen LogP contribution in [0.1, 0.15) is 22.3 Å². The number of likely N-dealkylation sites (tertiary alicyclic amines) is 1. The standard InChI is InChI=1S/C13H14FNO4/c1-7-3-2-4-9(11(7)14)12(17)15-6-8(16)5-10(15)13(18)19/h2-4,8,10,16H,5-6H2,1H3,(H,18,19). The van der Waals surface area contributed by atoms with Crippen LogP contribution in [0.2, 0.25) is 0 Å². The first kappa shape index (κ1) is 13.5. The number of carboxylic acid groups (broad SMARTS) is 1. The number of aliphatic carboxylic acids is 1. The van der Waals surface area contributed by atoms with Gasteiger partial charge in [0, 0.05) is 13.0 Å². The zero-order chi connectivity index (χ0) is 14.2. The minimum atomic E-state index is -1.20. The van der Waals surface area contributed by atoms with Gasteiger partial charge >= 0.3 is 5.97 Å². The van der Waals surface area contributed by atoms with E-state index in [1.165, 1.54) is 25.1 Å². The summed E-state index contributed by atoms with van der Waals surface area (Å²) < 4.78 is 13.9. The van der Waals surface area contributed by atoms with Gasteiger partial charge in [-0.15, -0.1) is 0 Å². The van der Waals surface area contributed by atoms with Gasteiger partial charge in [-0.3, -0.25) is 4.79 Å². The van der Waals surface area contributed by atoms with Crippen LogP contribution in [0.3, 0.4) is 0 Å². The highest BCUT2D eigenvalue weighted by molar-refractivity contribution is 5.97. The molecule has 0 radical (unpaired) electrons. The predicted molar refractivity (Wildman–Crippen MR) is 64.2 cm³/mol. The summed E-state index contributed by atoms with van der Waals surface area (Å²) in [5.74, 6) is -2.55. The lowest BCUT2D eigenvalue weighted by Gasteiger charge is -2.21. The second-order valence-electron chi connectivity index (χ2n) is 4.64. The average Bonchev–Trinajstić information content (AvgIpc) is 2.74. The molecular weight excluding hydrogens is 253 g/mol. The predicted octanol–water partition coefficient (Wildman–Crippen LogP) is 0.794. The minimum Gasteiger partial charge on any atom is -0.480 e. The van der Waals surface area contributed by atoms with Gasteiger partial charge in [-0.1, -0.05) is 12.1 Å². The van der Waals surface area contributed by atoms with E-state index in [9.17, 15) is 19.1 Å². The molecule has 1 aliphatic heterocycles. The van der Waals surface area contributed by atoms with E-state index in [4.69, 9.17) is 5.11 Å². The number of rotatable bonds is 2. The number of aliphatic hydroxyl groups is 1. The summed E-state index contributed by atoms with van der Waals surface area (Å²) in [5.41, 5.74) is 0.151. The molecule has 0 spiro atoms. The van der Waals surface area contributed by atoms with Crippen molar-refractivity contribution in [3.05, 3.63) is 35.1 Å². The van der Waals surface area contributed by atoms with Gasteiger partial charge in [0.2, 0.25) is 0 Å². The molecule has 0 aliphatic carbocycles. The second kappa shape index (κ2) is 4.97. The molecule has 0 aromatic heterocycles. The van der Waals surface area contributed by atoms with E-state index in [-0.39, 0.29) is 18.5 Å². The van der Waals surface area contributed by atoms with E-state index < -0.39 is 29.8 Å². The van der Waals surface area contributed by atoms with Crippen molar-refractivity contribution in [2.24, 2.45) is 0 Å². The van der Waals surface area contributed by atoms with Gasteiger partial charge in [-0.05, 0) is 18.6 Å². The van der Waals surface area contributed by atoms with Gasteiger partial charge in [0.15, 0.2) is 0 Å². The number of hydrogen-bond donors (Lipinski definition) is 2. The minimum absolute atomic E-state index is 0.0332. The van der Waals surface area contributed by atoms with E-state index in [2.05, 4.69) is 0 Å². The Bertz CT molecular complexity index is 531. The van der Waals surface area contributed by atoms with Crippen molar-refractivity contribution in [1.29, 1.82) is 0 Å². The number of carboxylic acids is 1. The van der Waals surface area contributed by atoms with Gasteiger partial charge in [-0.2, -0.15) is 0 Å². The summed E-state index contributed by atoms with van der Waals surface area (Å²) in [6.45, 7) is 1.43. The number of hydrogen-bond acceptors (Lipinski definition) is 3. The average molecular weight is 267 g/mol. The molecule has 1 heterocycles. The summed E-state index contributed by atoms with van der Waals surface area (Å²) in [6.07, 6.45) is -0.924. The Morgan fingerprint density at radius 2 is 2.11 bits per heavy atom. The Kier molecular flexibility index (Phi) is 3.53. The molecule has 0 saturated carbocycles. The van der Waals surface area contributed by atoms with E-state index in [0.717, 1.165) is 4.90 Å². The third kappa shape index (κ3) is 2.44. The molecule has 6 heteroatoms. The van der Waals surface area contributed by atoms with Gasteiger partial charge in [0.25, 0.3) is 5.91 Å². The molecule has 1 saturated heterocycles. The zero-order valence-corrected chi connectivity index (χ0v) is 10.3. The number of benzene rings is 1. The van der Waals surface area contributed by atoms with E-state index in [1.54, 1.807) is 0 Å². The molecule has 2 atom stereocenters. The molecule has 1 aromatic rings. The SMILES string of the molecule is Cc1cccc(C(=O)N2CC(O)CC2C(=O)O)c1F. The number of aliphatic hydroxyl groups excluding tert-OH is 1. The Balaban J connectivity index is 2.33. The zero-order valence-electron chi connectivity index (χ0n) is 10.3. The Hall–Kier alpha value is -1.95. The summed E-state index contributed by atoms with van der Waals surface area (Å²) in [5, 5.41) is 18.5. The van der Waals surface area contributed by atoms with Crippen LogP contribution >= 0.6 is 0 Å². The molecule has 19 heavy (non-hydrogen) atoms. The maximum absolute atomic E-state index is 13.9. The second-order valence-corrected chi connectivity index (χ2v) is 4.64. The Morgan fingerprint density at radius 1 is 1.42 bits per heavy atom. The summed E-state index contributed by atoms with van der Waals surface area (Å²) in [6, 6.07) is 3.27. The highest BCUT2D eigenvalue weighted by Crippen LogP contribution is 2.22. The first-order valence-corrected chi connectivity index (χ1v) is 5.88. The molecule has 1 amide bonds. The number of carbonyl (C=O) groups is 2. The third-order valence-electron chi connectivity index (χ3n) is 3.25. The quantitative estimate of drug-likeness (QED) is 0.830. The molecule has 2 unspecified atom stereocenters. The normalized spacial score (nSPS) is 22.6. The first-order chi connectivity index (χ1) is 8.91. The van der Waals surface area contributed by atoms with Gasteiger partial charge in [-0.25, -0.2) is 9.18 Å². The van der Waals surface area contributed by atoms with Crippen LogP contribution in [0, 0.1) is 12.7 Å². The van der Waals surface area contributed by atoms with E-state index >= 15 is 0 Å². The topological polar surface area (TPSA) is 77.8 Å². The first-order valence-electron chi connectivity index (χ1n) is 5.88. The van der Waals surface area contributed by atoms with Crippen molar-refractivity contribution in [1.82, 2.24) is 4.90 Å². The lowest BCUT2D eigenvalue weighted by molar-refractivity contribution is -0.141. The van der Waals surface area contributed by atoms with Crippen LogP contribution in [0.15, 0.2) is 18.2 Å². The fourth-order valence-corrected chi connectivity index (χ4v) is 2.24. The summed E-state index contributed by atoms with van der Waals surface area (Å²) >= 11 is 0. The van der Waals surface area contributed by atoms with Gasteiger partial charge in [0.05, 0.1) is 11.7 Å². The molecule has 1 aromatic carbocycles. The number of aryl methyl sites for hydroxylation is 1. The van der Waals surface area contributed by atoms with Crippen molar-refractivity contribution in [2.75, 3.05) is 6.54 Å². The molecule has 1 fully saturated rings. The fourth-order valence-electron chi connectivity index (χ4n) is 2.24. The molecule has 0 bridgehead atoms. The van der Waals surface area contributed by atoms with E-state index in [0.29, 0.717) is 5.56 Å². The monoisotopic (exact) mass is 267 g/mol. The smallest absolute Gasteiger partial charge is 0.326 e. The summed E-state index contributed by atoms with van der Waals surface area (Å²) in [7, 11) is 0. The Labute approximate surface area is 109 Å². The van der Waals surface area contributed by atoms with Crippen LogP contribution in [0.25, 0.3) is 0 Å². The molecule has 2 N–H and O–H groups in total. The van der Waals surface area contributed by atoms with Crippen molar-refractivity contribution in [3.8, 4) is 0 Å². The maximum Gasteiger partial charge on any atom is 0.326 e. The molecule has 102 valence electrons. The van der Waals surface area contributed by atoms with Crippen molar-refractivity contribution in [3.63, 3.8) is 0 Å². The summed E-state index contributed by atoms with van der Waals surface area (Å²) in [4.78, 5) is 24.2. The number of carbonyl (C=O) groups excluding carboxylic acids is 1. The van der Waals surface area contributed by atoms with E-state index in [1.807, 2.05) is 0 Å². The van der Waals surface area contributed by atoms with Crippen molar-refractivity contribution >= 4 is 11.9 Å². The largest absolute Gasteiger partial charge is 0.480 e. The van der Waals surface area contributed by atoms with Crippen molar-refractivity contribution in [2.45, 2.75) is 25.5 Å². The highest BCUT2D eigenvalue weighted by Gasteiger charge is 2.39. The molecule has 2 rings (SSSR count). The van der Waals surface area contributed by atoms with Crippen LogP contribution in [0.4, 0.5) is 4.39 Å². The van der Waals surface area contributed by atoms with Gasteiger partial charge in [0.1, 0.15) is 11.9 Å². The fraction of sp³-hybridized carbons (Fsp3) is 0.385. The highest BCUT2D eigenvalue weighted by atomic mass is 19.1. The number of amides is 1. The Morgan fingerprint density at radius 3 is 2.74 bits per heavy atom. The maximum atomic E-state index is 13.9. The number of β-amino-alcohol motifs (C(OH)–C–C–N with tert-alkyl or cyclic N) is 1. The van der Waals surface area contributed by atoms with Crippen LogP contribution in [-0.4, -0.2) is 45.7 Å². The lowest BCUT2D eigenvalue weighted by Crippen LogP contribution is -2.41. The van der Waals surface area contributed by atoms with Crippen molar-refractivity contribution < 1.29 is 24.2 Å². The lowest BCUT2D eigenvalue weighted by atomic mass is 10.1. The number of nitrogens with zero attached hydrogens (tertiary/aromatic N) is 1. The molecule has 5 nitrogen and oxygen atoms in total. The van der Waals surface area contributed by atoms with Crippen LogP contribution in [-0.2, 0) is 4.79 Å². The van der Waals surface area contributed by atoms with Crippen LogP contribution in [0.5, 0.6) is 0 Å². The third-order valence-corrected chi connectivity index (χ3v) is 3.25.